The molecule has 1 aliphatic rings. The zero-order valence-electron chi connectivity index (χ0n) is 19.9. The summed E-state index contributed by atoms with van der Waals surface area (Å²) in [4.78, 5) is 13.4. The van der Waals surface area contributed by atoms with Crippen LogP contribution in [0.2, 0.25) is 10.0 Å². The maximum absolute atomic E-state index is 6.62. The first-order valence-corrected chi connectivity index (χ1v) is 12.6. The summed E-state index contributed by atoms with van der Waals surface area (Å²) < 4.78 is 13.9. The zero-order valence-corrected chi connectivity index (χ0v) is 21.4. The quantitative estimate of drug-likeness (QED) is 0.278. The van der Waals surface area contributed by atoms with Crippen molar-refractivity contribution in [2.75, 3.05) is 18.4 Å². The summed E-state index contributed by atoms with van der Waals surface area (Å²) in [7, 11) is 1.88. The molecule has 0 aliphatic carbocycles. The third-order valence-corrected chi connectivity index (χ3v) is 6.73. The molecule has 0 unspecified atom stereocenters. The summed E-state index contributed by atoms with van der Waals surface area (Å²) in [5.74, 6) is 2.07. The van der Waals surface area contributed by atoms with Crippen LogP contribution in [0.1, 0.15) is 12.8 Å². The Balaban J connectivity index is 1.25. The number of hydrogen-bond acceptors (Lipinski definition) is 8. The van der Waals surface area contributed by atoms with Crippen molar-refractivity contribution < 1.29 is 9.47 Å². The number of aromatic nitrogens is 5. The van der Waals surface area contributed by atoms with E-state index in [9.17, 15) is 0 Å². The Bertz CT molecular complexity index is 1600. The van der Waals surface area contributed by atoms with Gasteiger partial charge in [0.25, 0.3) is 0 Å². The molecule has 6 rings (SSSR count). The van der Waals surface area contributed by atoms with E-state index in [-0.39, 0.29) is 6.10 Å². The average molecular weight is 536 g/mol. The fourth-order valence-electron chi connectivity index (χ4n) is 4.30. The van der Waals surface area contributed by atoms with E-state index < -0.39 is 0 Å². The molecule has 1 saturated heterocycles. The van der Waals surface area contributed by atoms with Gasteiger partial charge < -0.3 is 20.1 Å². The number of nitrogens with zero attached hydrogens (tertiary/aromatic N) is 5. The molecule has 5 aromatic rings. The van der Waals surface area contributed by atoms with E-state index in [4.69, 9.17) is 32.7 Å². The lowest BCUT2D eigenvalue weighted by Gasteiger charge is -2.23. The van der Waals surface area contributed by atoms with Gasteiger partial charge in [0.05, 0.1) is 26.8 Å². The highest BCUT2D eigenvalue weighted by Gasteiger charge is 2.17. The number of hydrogen-bond donors (Lipinski definition) is 2. The molecular weight excluding hydrogens is 513 g/mol. The van der Waals surface area contributed by atoms with Gasteiger partial charge in [-0.05, 0) is 50.2 Å². The molecule has 2 N–H and O–H groups in total. The molecular formula is C26H23Cl2N7O2. The summed E-state index contributed by atoms with van der Waals surface area (Å²) in [6.07, 6.45) is 5.42. The molecule has 0 spiro atoms. The minimum atomic E-state index is 0.131. The van der Waals surface area contributed by atoms with Gasteiger partial charge in [-0.1, -0.05) is 23.2 Å². The molecule has 11 heteroatoms. The molecule has 188 valence electrons. The van der Waals surface area contributed by atoms with Crippen molar-refractivity contribution in [2.45, 2.75) is 18.9 Å². The molecule has 0 bridgehead atoms. The van der Waals surface area contributed by atoms with Crippen molar-refractivity contribution >= 4 is 56.6 Å². The van der Waals surface area contributed by atoms with Gasteiger partial charge in [-0.3, -0.25) is 4.68 Å². The Kier molecular flexibility index (Phi) is 6.42. The molecule has 37 heavy (non-hydrogen) atoms. The van der Waals surface area contributed by atoms with Crippen LogP contribution < -0.4 is 20.1 Å². The van der Waals surface area contributed by atoms with E-state index in [0.717, 1.165) is 36.8 Å². The van der Waals surface area contributed by atoms with Crippen LogP contribution in [-0.4, -0.2) is 43.9 Å². The van der Waals surface area contributed by atoms with Gasteiger partial charge in [-0.2, -0.15) is 5.10 Å². The fraction of sp³-hybridized carbons (Fsp3) is 0.231. The van der Waals surface area contributed by atoms with E-state index in [0.29, 0.717) is 50.0 Å². The third kappa shape index (κ3) is 5.11. The standard InChI is InChI=1S/C26H23Cl2N7O2/c1-35-13-15-2-3-17(10-21(15)34-35)36-23-12-18(27)22(11-19(23)28)32-26-25-20(30-14-31-26)4-5-24(33-25)37-16-6-8-29-9-7-16/h2-5,10-14,16,29H,6-9H2,1H3,(H,30,31,32). The first-order valence-electron chi connectivity index (χ1n) is 11.9. The highest BCUT2D eigenvalue weighted by Crippen LogP contribution is 2.38. The largest absolute Gasteiger partial charge is 0.474 e. The number of ether oxygens (including phenoxy) is 2. The van der Waals surface area contributed by atoms with Crippen LogP contribution in [0, 0.1) is 0 Å². The SMILES string of the molecule is Cn1cc2ccc(Oc3cc(Cl)c(Nc4ncnc5ccc(OC6CCNCC6)nc45)cc3Cl)cc2n1. The number of aryl methyl sites for hydroxylation is 1. The topological polar surface area (TPSA) is 99.0 Å². The maximum Gasteiger partial charge on any atom is 0.214 e. The van der Waals surface area contributed by atoms with Crippen LogP contribution in [0.4, 0.5) is 11.5 Å². The van der Waals surface area contributed by atoms with Crippen LogP contribution in [0.25, 0.3) is 21.9 Å². The summed E-state index contributed by atoms with van der Waals surface area (Å²) in [6.45, 7) is 1.87. The van der Waals surface area contributed by atoms with Crippen molar-refractivity contribution in [2.24, 2.45) is 7.05 Å². The minimum absolute atomic E-state index is 0.131. The molecule has 4 heterocycles. The van der Waals surface area contributed by atoms with Crippen LogP contribution >= 0.6 is 23.2 Å². The smallest absolute Gasteiger partial charge is 0.214 e. The molecule has 0 amide bonds. The lowest BCUT2D eigenvalue weighted by Crippen LogP contribution is -2.34. The molecule has 1 fully saturated rings. The highest BCUT2D eigenvalue weighted by atomic mass is 35.5. The number of fused-ring (bicyclic) bond motifs is 2. The van der Waals surface area contributed by atoms with E-state index in [1.54, 1.807) is 16.8 Å². The van der Waals surface area contributed by atoms with Gasteiger partial charge >= 0.3 is 0 Å². The third-order valence-electron chi connectivity index (χ3n) is 6.13. The summed E-state index contributed by atoms with van der Waals surface area (Å²) >= 11 is 13.2. The first-order chi connectivity index (χ1) is 18.0. The second kappa shape index (κ2) is 10.0. The first kappa shape index (κ1) is 23.7. The van der Waals surface area contributed by atoms with Gasteiger partial charge in [0, 0.05) is 36.8 Å². The fourth-order valence-corrected chi connectivity index (χ4v) is 4.71. The Morgan fingerprint density at radius 1 is 1.00 bits per heavy atom. The van der Waals surface area contributed by atoms with Gasteiger partial charge in [0.2, 0.25) is 5.88 Å². The molecule has 0 atom stereocenters. The van der Waals surface area contributed by atoms with Crippen molar-refractivity contribution in [3.05, 3.63) is 65.0 Å². The van der Waals surface area contributed by atoms with Crippen molar-refractivity contribution in [3.8, 4) is 17.4 Å². The number of pyridine rings is 1. The van der Waals surface area contributed by atoms with Crippen LogP contribution in [0.3, 0.4) is 0 Å². The second-order valence-electron chi connectivity index (χ2n) is 8.82. The average Bonchev–Trinajstić information content (AvgIpc) is 3.27. The number of rotatable bonds is 6. The molecule has 2 aromatic carbocycles. The number of benzene rings is 2. The minimum Gasteiger partial charge on any atom is -0.474 e. The van der Waals surface area contributed by atoms with E-state index >= 15 is 0 Å². The summed E-state index contributed by atoms with van der Waals surface area (Å²) in [5.41, 5.74) is 2.64. The summed E-state index contributed by atoms with van der Waals surface area (Å²) in [5, 5.41) is 12.8. The van der Waals surface area contributed by atoms with Crippen LogP contribution in [-0.2, 0) is 7.05 Å². The van der Waals surface area contributed by atoms with Crippen molar-refractivity contribution in [3.63, 3.8) is 0 Å². The van der Waals surface area contributed by atoms with E-state index in [1.165, 1.54) is 6.33 Å². The van der Waals surface area contributed by atoms with Gasteiger partial charge in [-0.25, -0.2) is 15.0 Å². The van der Waals surface area contributed by atoms with E-state index in [2.05, 4.69) is 30.7 Å². The maximum atomic E-state index is 6.62. The monoisotopic (exact) mass is 535 g/mol. The number of nitrogens with one attached hydrogen (secondary N) is 2. The summed E-state index contributed by atoms with van der Waals surface area (Å²) in [6, 6.07) is 12.7. The van der Waals surface area contributed by atoms with Gasteiger partial charge in [0.15, 0.2) is 5.82 Å². The highest BCUT2D eigenvalue weighted by molar-refractivity contribution is 6.36. The predicted molar refractivity (Wildman–Crippen MR) is 144 cm³/mol. The Morgan fingerprint density at radius 2 is 1.86 bits per heavy atom. The van der Waals surface area contributed by atoms with Crippen LogP contribution in [0.5, 0.6) is 17.4 Å². The molecule has 0 saturated carbocycles. The number of halogens is 2. The Morgan fingerprint density at radius 3 is 2.73 bits per heavy atom. The molecule has 3 aromatic heterocycles. The Labute approximate surface area is 222 Å². The van der Waals surface area contributed by atoms with Gasteiger partial charge in [0.1, 0.15) is 29.4 Å². The predicted octanol–water partition coefficient (Wildman–Crippen LogP) is 5.89. The normalized spacial score (nSPS) is 14.2. The molecule has 0 radical (unpaired) electrons. The van der Waals surface area contributed by atoms with Crippen molar-refractivity contribution in [1.82, 2.24) is 30.0 Å². The Hall–Kier alpha value is -3.66. The lowest BCUT2D eigenvalue weighted by atomic mass is 10.1. The molecule has 9 nitrogen and oxygen atoms in total. The number of anilines is 2. The van der Waals surface area contributed by atoms with Gasteiger partial charge in [-0.15, -0.1) is 0 Å². The van der Waals surface area contributed by atoms with Crippen molar-refractivity contribution in [1.29, 1.82) is 0 Å². The van der Waals surface area contributed by atoms with Crippen LogP contribution in [0.15, 0.2) is 55.0 Å². The zero-order chi connectivity index (χ0) is 25.4. The molecule has 1 aliphatic heterocycles. The number of piperidine rings is 1. The second-order valence-corrected chi connectivity index (χ2v) is 9.63. The lowest BCUT2D eigenvalue weighted by molar-refractivity contribution is 0.156. The van der Waals surface area contributed by atoms with E-state index in [1.807, 2.05) is 43.6 Å².